The van der Waals surface area contributed by atoms with Gasteiger partial charge in [0.25, 0.3) is 0 Å². The third kappa shape index (κ3) is 2.45. The molecule has 1 aromatic carbocycles. The summed E-state index contributed by atoms with van der Waals surface area (Å²) in [7, 11) is 0. The second-order valence-electron chi connectivity index (χ2n) is 4.68. The van der Waals surface area contributed by atoms with Gasteiger partial charge in [0.15, 0.2) is 0 Å². The molecule has 2 nitrogen and oxygen atoms in total. The first-order valence-corrected chi connectivity index (χ1v) is 6.08. The first-order chi connectivity index (χ1) is 7.74. The zero-order chi connectivity index (χ0) is 11.4. The molecular weight excluding hydrogens is 200 g/mol. The summed E-state index contributed by atoms with van der Waals surface area (Å²) in [6.07, 6.45) is 2.51. The maximum absolute atomic E-state index is 10.7. The molecule has 1 heterocycles. The van der Waals surface area contributed by atoms with Gasteiger partial charge in [0.2, 0.25) is 0 Å². The minimum atomic E-state index is -0.599. The minimum absolute atomic E-state index is 0.290. The van der Waals surface area contributed by atoms with Crippen LogP contribution in [0.15, 0.2) is 30.3 Å². The Kier molecular flexibility index (Phi) is 3.62. The summed E-state index contributed by atoms with van der Waals surface area (Å²) >= 11 is 0. The van der Waals surface area contributed by atoms with Gasteiger partial charge >= 0.3 is 0 Å². The Labute approximate surface area is 97.3 Å². The lowest BCUT2D eigenvalue weighted by Crippen LogP contribution is -2.40. The van der Waals surface area contributed by atoms with Gasteiger partial charge in [-0.05, 0) is 18.4 Å². The quantitative estimate of drug-likeness (QED) is 0.844. The van der Waals surface area contributed by atoms with E-state index < -0.39 is 5.60 Å². The molecule has 2 atom stereocenters. The highest BCUT2D eigenvalue weighted by atomic mass is 16.5. The van der Waals surface area contributed by atoms with Crippen molar-refractivity contribution in [3.8, 4) is 0 Å². The van der Waals surface area contributed by atoms with E-state index in [9.17, 15) is 5.11 Å². The Balaban J connectivity index is 2.09. The van der Waals surface area contributed by atoms with Crippen LogP contribution < -0.4 is 0 Å². The average molecular weight is 220 g/mol. The van der Waals surface area contributed by atoms with Gasteiger partial charge in [0, 0.05) is 18.9 Å². The molecule has 1 N–H and O–H groups in total. The second kappa shape index (κ2) is 4.98. The zero-order valence-corrected chi connectivity index (χ0v) is 9.86. The lowest BCUT2D eigenvalue weighted by molar-refractivity contribution is -0.0248. The van der Waals surface area contributed by atoms with Gasteiger partial charge < -0.3 is 9.84 Å². The fraction of sp³-hybridized carbons (Fsp3) is 0.571. The summed E-state index contributed by atoms with van der Waals surface area (Å²) in [5.74, 6) is 0.290. The van der Waals surface area contributed by atoms with Crippen LogP contribution in [0, 0.1) is 5.92 Å². The molecule has 2 unspecified atom stereocenters. The standard InChI is InChI=1S/C14H20O2/c1-2-14(15,13-8-9-16-11-13)10-12-6-4-3-5-7-12/h3-7,13,15H,2,8-11H2,1H3. The Hall–Kier alpha value is -0.860. The first kappa shape index (κ1) is 11.6. The molecule has 1 fully saturated rings. The third-order valence-electron chi connectivity index (χ3n) is 3.65. The second-order valence-corrected chi connectivity index (χ2v) is 4.68. The highest BCUT2D eigenvalue weighted by molar-refractivity contribution is 5.17. The topological polar surface area (TPSA) is 29.5 Å². The molecule has 1 aliphatic heterocycles. The molecule has 0 saturated carbocycles. The van der Waals surface area contributed by atoms with Crippen molar-refractivity contribution in [1.82, 2.24) is 0 Å². The summed E-state index contributed by atoms with van der Waals surface area (Å²) in [6.45, 7) is 3.56. The number of hydrogen-bond donors (Lipinski definition) is 1. The third-order valence-corrected chi connectivity index (χ3v) is 3.65. The molecule has 0 aromatic heterocycles. The summed E-state index contributed by atoms with van der Waals surface area (Å²) in [6, 6.07) is 10.2. The number of ether oxygens (including phenoxy) is 1. The summed E-state index contributed by atoms with van der Waals surface area (Å²) in [4.78, 5) is 0. The van der Waals surface area contributed by atoms with E-state index in [-0.39, 0.29) is 5.92 Å². The molecule has 0 aliphatic carbocycles. The molecule has 2 rings (SSSR count). The van der Waals surface area contributed by atoms with E-state index in [4.69, 9.17) is 4.74 Å². The van der Waals surface area contributed by atoms with Crippen molar-refractivity contribution in [2.45, 2.75) is 31.8 Å². The Morgan fingerprint density at radius 1 is 1.38 bits per heavy atom. The van der Waals surface area contributed by atoms with E-state index in [0.29, 0.717) is 6.61 Å². The Morgan fingerprint density at radius 2 is 2.12 bits per heavy atom. The Bertz CT molecular complexity index is 317. The fourth-order valence-corrected chi connectivity index (χ4v) is 2.47. The highest BCUT2D eigenvalue weighted by Gasteiger charge is 2.37. The largest absolute Gasteiger partial charge is 0.389 e. The monoisotopic (exact) mass is 220 g/mol. The molecular formula is C14H20O2. The van der Waals surface area contributed by atoms with Crippen molar-refractivity contribution in [2.75, 3.05) is 13.2 Å². The maximum Gasteiger partial charge on any atom is 0.0736 e. The predicted molar refractivity (Wildman–Crippen MR) is 64.3 cm³/mol. The van der Waals surface area contributed by atoms with Gasteiger partial charge in [0.1, 0.15) is 0 Å². The lowest BCUT2D eigenvalue weighted by Gasteiger charge is -2.32. The van der Waals surface area contributed by atoms with Gasteiger partial charge in [-0.3, -0.25) is 0 Å². The van der Waals surface area contributed by atoms with Crippen molar-refractivity contribution < 1.29 is 9.84 Å². The summed E-state index contributed by atoms with van der Waals surface area (Å²) in [5.41, 5.74) is 0.608. The fourth-order valence-electron chi connectivity index (χ4n) is 2.47. The van der Waals surface area contributed by atoms with E-state index in [2.05, 4.69) is 19.1 Å². The molecule has 1 aromatic rings. The van der Waals surface area contributed by atoms with Gasteiger partial charge in [-0.15, -0.1) is 0 Å². The summed E-state index contributed by atoms with van der Waals surface area (Å²) < 4.78 is 5.38. The molecule has 16 heavy (non-hydrogen) atoms. The molecule has 0 radical (unpaired) electrons. The molecule has 0 bridgehead atoms. The normalized spacial score (nSPS) is 24.2. The molecule has 0 amide bonds. The molecule has 2 heteroatoms. The van der Waals surface area contributed by atoms with E-state index in [1.807, 2.05) is 18.2 Å². The van der Waals surface area contributed by atoms with Crippen LogP contribution in [0.25, 0.3) is 0 Å². The van der Waals surface area contributed by atoms with Gasteiger partial charge in [-0.2, -0.15) is 0 Å². The average Bonchev–Trinajstić information content (AvgIpc) is 2.84. The minimum Gasteiger partial charge on any atom is -0.389 e. The van der Waals surface area contributed by atoms with E-state index in [0.717, 1.165) is 25.9 Å². The number of rotatable bonds is 4. The highest BCUT2D eigenvalue weighted by Crippen LogP contribution is 2.31. The lowest BCUT2D eigenvalue weighted by atomic mass is 9.80. The van der Waals surface area contributed by atoms with Gasteiger partial charge in [-0.25, -0.2) is 0 Å². The van der Waals surface area contributed by atoms with E-state index >= 15 is 0 Å². The van der Waals surface area contributed by atoms with E-state index in [1.165, 1.54) is 5.56 Å². The number of aliphatic hydroxyl groups is 1. The summed E-state index contributed by atoms with van der Waals surface area (Å²) in [5, 5.41) is 10.7. The van der Waals surface area contributed by atoms with Crippen molar-refractivity contribution >= 4 is 0 Å². The maximum atomic E-state index is 10.7. The Morgan fingerprint density at radius 3 is 2.69 bits per heavy atom. The van der Waals surface area contributed by atoms with Crippen molar-refractivity contribution in [3.63, 3.8) is 0 Å². The van der Waals surface area contributed by atoms with Gasteiger partial charge in [-0.1, -0.05) is 37.3 Å². The molecule has 1 saturated heterocycles. The number of hydrogen-bond acceptors (Lipinski definition) is 2. The van der Waals surface area contributed by atoms with Crippen LogP contribution in [0.1, 0.15) is 25.3 Å². The van der Waals surface area contributed by atoms with Crippen molar-refractivity contribution in [1.29, 1.82) is 0 Å². The van der Waals surface area contributed by atoms with Crippen molar-refractivity contribution in [3.05, 3.63) is 35.9 Å². The molecule has 88 valence electrons. The van der Waals surface area contributed by atoms with Crippen LogP contribution in [0.4, 0.5) is 0 Å². The van der Waals surface area contributed by atoms with Crippen LogP contribution in [-0.4, -0.2) is 23.9 Å². The smallest absolute Gasteiger partial charge is 0.0736 e. The first-order valence-electron chi connectivity index (χ1n) is 6.08. The van der Waals surface area contributed by atoms with Crippen molar-refractivity contribution in [2.24, 2.45) is 5.92 Å². The molecule has 1 aliphatic rings. The SMILES string of the molecule is CCC(O)(Cc1ccccc1)C1CCOC1. The van der Waals surface area contributed by atoms with Crippen LogP contribution in [0.2, 0.25) is 0 Å². The van der Waals surface area contributed by atoms with Crippen LogP contribution in [0.5, 0.6) is 0 Å². The van der Waals surface area contributed by atoms with Crippen LogP contribution in [0.3, 0.4) is 0 Å². The van der Waals surface area contributed by atoms with E-state index in [1.54, 1.807) is 0 Å². The molecule has 0 spiro atoms. The zero-order valence-electron chi connectivity index (χ0n) is 9.86. The van der Waals surface area contributed by atoms with Crippen LogP contribution >= 0.6 is 0 Å². The van der Waals surface area contributed by atoms with Crippen LogP contribution in [-0.2, 0) is 11.2 Å². The number of benzene rings is 1. The predicted octanol–water partition coefficient (Wildman–Crippen LogP) is 2.41. The van der Waals surface area contributed by atoms with Gasteiger partial charge in [0.05, 0.1) is 12.2 Å².